The number of aryl methyl sites for hydroxylation is 1. The Bertz CT molecular complexity index is 1010. The van der Waals surface area contributed by atoms with Crippen LogP contribution in [-0.2, 0) is 19.6 Å². The summed E-state index contributed by atoms with van der Waals surface area (Å²) in [5, 5.41) is 2.30. The number of hydrogen-bond acceptors (Lipinski definition) is 5. The van der Waals surface area contributed by atoms with Crippen molar-refractivity contribution in [1.82, 2.24) is 9.62 Å². The predicted molar refractivity (Wildman–Crippen MR) is 98.1 cm³/mol. The van der Waals surface area contributed by atoms with Crippen molar-refractivity contribution in [2.75, 3.05) is 13.1 Å². The van der Waals surface area contributed by atoms with Crippen molar-refractivity contribution in [2.45, 2.75) is 24.7 Å². The van der Waals surface area contributed by atoms with Crippen molar-refractivity contribution in [2.24, 2.45) is 5.41 Å². The number of rotatable bonds is 3. The molecule has 0 radical (unpaired) electrons. The molecule has 1 aromatic heterocycles. The Morgan fingerprint density at radius 1 is 1.19 bits per heavy atom. The molecule has 1 aromatic carbocycles. The van der Waals surface area contributed by atoms with Crippen LogP contribution in [0.5, 0.6) is 0 Å². The highest BCUT2D eigenvalue weighted by molar-refractivity contribution is 7.89. The SMILES string of the molecule is Cc1ccc(-c2cccc(S(=O)(=O)N3CCC4(CC(=O)NC4=O)C3)c2)s1. The van der Waals surface area contributed by atoms with Crippen LogP contribution in [0.2, 0.25) is 0 Å². The maximum atomic E-state index is 13.1. The zero-order valence-corrected chi connectivity index (χ0v) is 15.8. The second-order valence-electron chi connectivity index (χ2n) is 6.86. The minimum Gasteiger partial charge on any atom is -0.296 e. The zero-order valence-electron chi connectivity index (χ0n) is 14.2. The van der Waals surface area contributed by atoms with Crippen molar-refractivity contribution >= 4 is 33.2 Å². The smallest absolute Gasteiger partial charge is 0.243 e. The molecule has 2 aliphatic rings. The molecule has 6 nitrogen and oxygen atoms in total. The van der Waals surface area contributed by atoms with Crippen molar-refractivity contribution in [3.05, 3.63) is 41.3 Å². The van der Waals surface area contributed by atoms with Crippen LogP contribution in [0, 0.1) is 12.3 Å². The van der Waals surface area contributed by atoms with E-state index < -0.39 is 15.4 Å². The lowest BCUT2D eigenvalue weighted by Gasteiger charge is -2.20. The maximum Gasteiger partial charge on any atom is 0.243 e. The van der Waals surface area contributed by atoms with E-state index in [1.165, 1.54) is 4.31 Å². The van der Waals surface area contributed by atoms with Gasteiger partial charge in [-0.15, -0.1) is 11.3 Å². The normalized spacial score (nSPS) is 23.7. The first kappa shape index (κ1) is 17.4. The van der Waals surface area contributed by atoms with E-state index in [0.717, 1.165) is 15.3 Å². The number of carbonyl (C=O) groups is 2. The van der Waals surface area contributed by atoms with Crippen LogP contribution in [0.1, 0.15) is 17.7 Å². The highest BCUT2D eigenvalue weighted by atomic mass is 32.2. The highest BCUT2D eigenvalue weighted by Gasteiger charge is 2.53. The van der Waals surface area contributed by atoms with E-state index in [2.05, 4.69) is 5.32 Å². The lowest BCUT2D eigenvalue weighted by molar-refractivity contribution is -0.128. The number of nitrogens with zero attached hydrogens (tertiary/aromatic N) is 1. The zero-order chi connectivity index (χ0) is 18.5. The molecule has 2 fully saturated rings. The van der Waals surface area contributed by atoms with Gasteiger partial charge in [-0.1, -0.05) is 12.1 Å². The number of nitrogens with one attached hydrogen (secondary N) is 1. The fourth-order valence-corrected chi connectivity index (χ4v) is 6.05. The van der Waals surface area contributed by atoms with Gasteiger partial charge in [0.1, 0.15) is 0 Å². The Morgan fingerprint density at radius 2 is 2.00 bits per heavy atom. The van der Waals surface area contributed by atoms with Crippen LogP contribution in [-0.4, -0.2) is 37.6 Å². The Kier molecular flexibility index (Phi) is 4.02. The molecule has 26 heavy (non-hydrogen) atoms. The molecule has 1 N–H and O–H groups in total. The van der Waals surface area contributed by atoms with Gasteiger partial charge in [-0.25, -0.2) is 8.42 Å². The summed E-state index contributed by atoms with van der Waals surface area (Å²) in [6.45, 7) is 2.30. The Hall–Kier alpha value is -2.03. The third-order valence-corrected chi connectivity index (χ3v) is 7.94. The fraction of sp³-hybridized carbons (Fsp3) is 0.333. The molecular formula is C18H18N2O4S2. The number of amides is 2. The van der Waals surface area contributed by atoms with Crippen LogP contribution in [0.25, 0.3) is 10.4 Å². The molecule has 1 unspecified atom stereocenters. The second kappa shape index (κ2) is 6.00. The van der Waals surface area contributed by atoms with E-state index in [9.17, 15) is 18.0 Å². The number of sulfonamides is 1. The Morgan fingerprint density at radius 3 is 2.65 bits per heavy atom. The Labute approximate surface area is 155 Å². The molecule has 2 amide bonds. The van der Waals surface area contributed by atoms with E-state index in [1.54, 1.807) is 29.5 Å². The standard InChI is InChI=1S/C18H18N2O4S2/c1-12-5-6-15(25-12)13-3-2-4-14(9-13)26(23,24)20-8-7-18(11-20)10-16(21)19-17(18)22/h2-6,9H,7-8,10-11H2,1H3,(H,19,21,22). The molecule has 4 rings (SSSR count). The van der Waals surface area contributed by atoms with Crippen molar-refractivity contribution in [3.63, 3.8) is 0 Å². The average molecular weight is 390 g/mol. The predicted octanol–water partition coefficient (Wildman–Crippen LogP) is 2.15. The molecule has 1 spiro atoms. The van der Waals surface area contributed by atoms with Gasteiger partial charge in [0, 0.05) is 29.3 Å². The minimum absolute atomic E-state index is 0.0508. The molecule has 0 aliphatic carbocycles. The molecule has 2 saturated heterocycles. The minimum atomic E-state index is -3.72. The fourth-order valence-electron chi connectivity index (χ4n) is 3.61. The summed E-state index contributed by atoms with van der Waals surface area (Å²) in [6, 6.07) is 10.8. The van der Waals surface area contributed by atoms with Gasteiger partial charge < -0.3 is 0 Å². The van der Waals surface area contributed by atoms with E-state index in [0.29, 0.717) is 6.42 Å². The van der Waals surface area contributed by atoms with E-state index in [4.69, 9.17) is 0 Å². The summed E-state index contributed by atoms with van der Waals surface area (Å²) < 4.78 is 27.5. The third-order valence-electron chi connectivity index (χ3n) is 5.05. The van der Waals surface area contributed by atoms with Crippen molar-refractivity contribution in [1.29, 1.82) is 0 Å². The molecule has 3 heterocycles. The molecule has 0 saturated carbocycles. The number of hydrogen-bond donors (Lipinski definition) is 1. The number of imide groups is 1. The molecule has 1 atom stereocenters. The number of carbonyl (C=O) groups excluding carboxylic acids is 2. The van der Waals surface area contributed by atoms with Crippen molar-refractivity contribution < 1.29 is 18.0 Å². The van der Waals surface area contributed by atoms with Crippen LogP contribution in [0.15, 0.2) is 41.3 Å². The van der Waals surface area contributed by atoms with E-state index in [1.807, 2.05) is 25.1 Å². The average Bonchev–Trinajstić information content (AvgIpc) is 3.29. The van der Waals surface area contributed by atoms with E-state index in [-0.39, 0.29) is 36.2 Å². The molecule has 0 bridgehead atoms. The molecule has 2 aliphatic heterocycles. The van der Waals surface area contributed by atoms with Gasteiger partial charge in [0.2, 0.25) is 21.8 Å². The van der Waals surface area contributed by atoms with Gasteiger partial charge >= 0.3 is 0 Å². The molecule has 8 heteroatoms. The maximum absolute atomic E-state index is 13.1. The quantitative estimate of drug-likeness (QED) is 0.814. The largest absolute Gasteiger partial charge is 0.296 e. The van der Waals surface area contributed by atoms with Crippen LogP contribution in [0.4, 0.5) is 0 Å². The Balaban J connectivity index is 1.64. The summed E-state index contributed by atoms with van der Waals surface area (Å²) in [5.41, 5.74) is -0.0565. The van der Waals surface area contributed by atoms with Gasteiger partial charge in [-0.05, 0) is 43.2 Å². The first-order valence-electron chi connectivity index (χ1n) is 8.32. The summed E-state index contributed by atoms with van der Waals surface area (Å²) in [7, 11) is -3.72. The monoisotopic (exact) mass is 390 g/mol. The summed E-state index contributed by atoms with van der Waals surface area (Å²) in [4.78, 5) is 26.0. The van der Waals surface area contributed by atoms with Gasteiger partial charge in [-0.3, -0.25) is 14.9 Å². The molecule has 136 valence electrons. The van der Waals surface area contributed by atoms with Crippen molar-refractivity contribution in [3.8, 4) is 10.4 Å². The second-order valence-corrected chi connectivity index (χ2v) is 10.1. The number of thiophene rings is 1. The lowest BCUT2D eigenvalue weighted by atomic mass is 9.86. The first-order chi connectivity index (χ1) is 12.3. The summed E-state index contributed by atoms with van der Waals surface area (Å²) >= 11 is 1.61. The van der Waals surface area contributed by atoms with Gasteiger partial charge in [-0.2, -0.15) is 4.31 Å². The highest BCUT2D eigenvalue weighted by Crippen LogP contribution is 2.40. The molecular weight excluding hydrogens is 372 g/mol. The molecule has 2 aromatic rings. The van der Waals surface area contributed by atoms with Crippen LogP contribution in [0.3, 0.4) is 0 Å². The van der Waals surface area contributed by atoms with Crippen LogP contribution < -0.4 is 5.32 Å². The van der Waals surface area contributed by atoms with Gasteiger partial charge in [0.05, 0.1) is 10.3 Å². The van der Waals surface area contributed by atoms with Gasteiger partial charge in [0.15, 0.2) is 0 Å². The van der Waals surface area contributed by atoms with Gasteiger partial charge in [0.25, 0.3) is 0 Å². The third kappa shape index (κ3) is 2.78. The number of benzene rings is 1. The van der Waals surface area contributed by atoms with Crippen LogP contribution >= 0.6 is 11.3 Å². The summed E-state index contributed by atoms with van der Waals surface area (Å²) in [5.74, 6) is -0.688. The van der Waals surface area contributed by atoms with E-state index >= 15 is 0 Å². The summed E-state index contributed by atoms with van der Waals surface area (Å²) in [6.07, 6.45) is 0.431. The lowest BCUT2D eigenvalue weighted by Crippen LogP contribution is -2.36. The topological polar surface area (TPSA) is 83.6 Å². The first-order valence-corrected chi connectivity index (χ1v) is 10.6.